The van der Waals surface area contributed by atoms with Crippen molar-refractivity contribution >= 4 is 23.4 Å². The summed E-state index contributed by atoms with van der Waals surface area (Å²) in [7, 11) is 0. The Labute approximate surface area is 147 Å². The molecule has 24 heavy (non-hydrogen) atoms. The van der Waals surface area contributed by atoms with Crippen molar-refractivity contribution in [2.45, 2.75) is 56.5 Å². The Bertz CT molecular complexity index is 555. The molecule has 0 unspecified atom stereocenters. The molecule has 7 heteroatoms. The minimum Gasteiger partial charge on any atom is -0.354 e. The van der Waals surface area contributed by atoms with Crippen LogP contribution in [0.5, 0.6) is 0 Å². The molecule has 1 aliphatic heterocycles. The van der Waals surface area contributed by atoms with Gasteiger partial charge in [-0.3, -0.25) is 9.59 Å². The number of likely N-dealkylation sites (tertiary alicyclic amines) is 1. The first-order chi connectivity index (χ1) is 11.6. The number of carbonyl (C=O) groups is 2. The number of imidazole rings is 1. The van der Waals surface area contributed by atoms with Crippen LogP contribution in [0.2, 0.25) is 0 Å². The van der Waals surface area contributed by atoms with Gasteiger partial charge in [0, 0.05) is 30.9 Å². The summed E-state index contributed by atoms with van der Waals surface area (Å²) in [6, 6.07) is -0.328. The van der Waals surface area contributed by atoms with Crippen LogP contribution in [0.4, 0.5) is 0 Å². The van der Waals surface area contributed by atoms with Gasteiger partial charge in [0.25, 0.3) is 0 Å². The van der Waals surface area contributed by atoms with E-state index in [4.69, 9.17) is 11.6 Å². The van der Waals surface area contributed by atoms with Gasteiger partial charge in [0.2, 0.25) is 11.8 Å². The summed E-state index contributed by atoms with van der Waals surface area (Å²) in [5, 5.41) is 3.35. The summed E-state index contributed by atoms with van der Waals surface area (Å²) in [5.41, 5.74) is 0. The number of nitrogens with zero attached hydrogens (tertiary/aromatic N) is 3. The highest BCUT2D eigenvalue weighted by molar-refractivity contribution is 6.20. The summed E-state index contributed by atoms with van der Waals surface area (Å²) < 4.78 is 1.74. The van der Waals surface area contributed by atoms with Gasteiger partial charge < -0.3 is 14.8 Å². The molecule has 1 aromatic rings. The zero-order valence-electron chi connectivity index (χ0n) is 13.9. The van der Waals surface area contributed by atoms with Gasteiger partial charge in [-0.05, 0) is 44.4 Å². The highest BCUT2D eigenvalue weighted by atomic mass is 35.5. The van der Waals surface area contributed by atoms with Crippen LogP contribution in [-0.2, 0) is 16.1 Å². The maximum atomic E-state index is 12.5. The van der Waals surface area contributed by atoms with E-state index in [2.05, 4.69) is 10.3 Å². The molecule has 1 saturated carbocycles. The van der Waals surface area contributed by atoms with E-state index in [1.54, 1.807) is 28.2 Å². The van der Waals surface area contributed by atoms with Gasteiger partial charge >= 0.3 is 0 Å². The van der Waals surface area contributed by atoms with E-state index in [-0.39, 0.29) is 24.4 Å². The third-order valence-electron chi connectivity index (χ3n) is 5.09. The number of carbonyl (C=O) groups excluding carboxylic acids is 2. The molecule has 1 N–H and O–H groups in total. The first-order valence-corrected chi connectivity index (χ1v) is 9.24. The molecular weight excluding hydrogens is 328 g/mol. The van der Waals surface area contributed by atoms with Gasteiger partial charge in [-0.1, -0.05) is 0 Å². The number of rotatable bonds is 5. The molecule has 1 aliphatic carbocycles. The molecule has 1 saturated heterocycles. The zero-order valence-corrected chi connectivity index (χ0v) is 14.6. The summed E-state index contributed by atoms with van der Waals surface area (Å²) >= 11 is 6.12. The largest absolute Gasteiger partial charge is 0.354 e. The van der Waals surface area contributed by atoms with Gasteiger partial charge in [-0.2, -0.15) is 0 Å². The quantitative estimate of drug-likeness (QED) is 0.821. The van der Waals surface area contributed by atoms with Crippen molar-refractivity contribution in [3.8, 4) is 0 Å². The number of halogens is 1. The van der Waals surface area contributed by atoms with Crippen LogP contribution >= 0.6 is 11.6 Å². The van der Waals surface area contributed by atoms with Crippen LogP contribution in [0, 0.1) is 5.92 Å². The first kappa shape index (κ1) is 17.3. The molecule has 2 amide bonds. The highest BCUT2D eigenvalue weighted by Crippen LogP contribution is 2.27. The number of alkyl halides is 1. The van der Waals surface area contributed by atoms with Crippen LogP contribution in [0.3, 0.4) is 0 Å². The summed E-state index contributed by atoms with van der Waals surface area (Å²) in [6.07, 6.45) is 10.9. The lowest BCUT2D eigenvalue weighted by Gasteiger charge is -2.27. The van der Waals surface area contributed by atoms with Gasteiger partial charge in [0.05, 0.1) is 6.33 Å². The second kappa shape index (κ2) is 8.01. The molecule has 0 bridgehead atoms. The van der Waals surface area contributed by atoms with Crippen LogP contribution in [-0.4, -0.2) is 50.8 Å². The lowest BCUT2D eigenvalue weighted by Crippen LogP contribution is -2.48. The fourth-order valence-corrected chi connectivity index (χ4v) is 3.91. The van der Waals surface area contributed by atoms with E-state index in [1.807, 2.05) is 0 Å². The van der Waals surface area contributed by atoms with Crippen molar-refractivity contribution in [3.63, 3.8) is 0 Å². The van der Waals surface area contributed by atoms with Crippen molar-refractivity contribution in [3.05, 3.63) is 18.7 Å². The van der Waals surface area contributed by atoms with Crippen molar-refractivity contribution in [1.82, 2.24) is 19.8 Å². The predicted molar refractivity (Wildman–Crippen MR) is 91.6 cm³/mol. The van der Waals surface area contributed by atoms with Crippen LogP contribution in [0.1, 0.15) is 38.5 Å². The molecule has 1 aromatic heterocycles. The number of amides is 2. The Morgan fingerprint density at radius 1 is 1.21 bits per heavy atom. The van der Waals surface area contributed by atoms with E-state index in [1.165, 1.54) is 0 Å². The summed E-state index contributed by atoms with van der Waals surface area (Å²) in [5.74, 6) is 0.480. The Hall–Kier alpha value is -1.56. The zero-order chi connectivity index (χ0) is 16.9. The molecule has 1 atom stereocenters. The predicted octanol–water partition coefficient (Wildman–Crippen LogP) is 1.79. The first-order valence-electron chi connectivity index (χ1n) is 8.80. The molecule has 0 radical (unpaired) electrons. The molecule has 132 valence electrons. The molecule has 3 rings (SSSR count). The van der Waals surface area contributed by atoms with Gasteiger partial charge in [0.1, 0.15) is 12.6 Å². The van der Waals surface area contributed by atoms with Crippen molar-refractivity contribution in [1.29, 1.82) is 0 Å². The standard InChI is InChI=1S/C17H25ClN4O2/c18-14-5-3-13(4-6-14)10-20-17(24)15-2-1-8-22(15)16(23)11-21-9-7-19-12-21/h7,9,12-15H,1-6,8,10-11H2,(H,20,24)/t13?,14?,15-/m0/s1. The number of aromatic nitrogens is 2. The fourth-order valence-electron chi connectivity index (χ4n) is 3.65. The normalized spacial score (nSPS) is 27.2. The third kappa shape index (κ3) is 4.29. The second-order valence-corrected chi connectivity index (χ2v) is 7.46. The molecule has 2 heterocycles. The summed E-state index contributed by atoms with van der Waals surface area (Å²) in [6.45, 7) is 1.59. The Morgan fingerprint density at radius 3 is 2.71 bits per heavy atom. The molecule has 0 spiro atoms. The average Bonchev–Trinajstić information content (AvgIpc) is 3.25. The summed E-state index contributed by atoms with van der Waals surface area (Å²) in [4.78, 5) is 30.6. The highest BCUT2D eigenvalue weighted by Gasteiger charge is 2.34. The topological polar surface area (TPSA) is 67.2 Å². The maximum absolute atomic E-state index is 12.5. The second-order valence-electron chi connectivity index (χ2n) is 6.84. The molecule has 2 fully saturated rings. The SMILES string of the molecule is O=C(NCC1CCC(Cl)CC1)[C@@H]1CCCN1C(=O)Cn1ccnc1. The Kier molecular flexibility index (Phi) is 5.76. The van der Waals surface area contributed by atoms with Crippen LogP contribution in [0.15, 0.2) is 18.7 Å². The molecule has 2 aliphatic rings. The van der Waals surface area contributed by atoms with Crippen LogP contribution in [0.25, 0.3) is 0 Å². The van der Waals surface area contributed by atoms with Gasteiger partial charge in [0.15, 0.2) is 0 Å². The molecule has 0 aromatic carbocycles. The molecule has 6 nitrogen and oxygen atoms in total. The van der Waals surface area contributed by atoms with Crippen molar-refractivity contribution in [2.24, 2.45) is 5.92 Å². The lowest BCUT2D eigenvalue weighted by molar-refractivity contribution is -0.139. The Morgan fingerprint density at radius 2 is 2.00 bits per heavy atom. The Balaban J connectivity index is 1.49. The lowest BCUT2D eigenvalue weighted by atomic mass is 9.89. The minimum atomic E-state index is -0.328. The van der Waals surface area contributed by atoms with Gasteiger partial charge in [-0.15, -0.1) is 11.6 Å². The smallest absolute Gasteiger partial charge is 0.243 e. The van der Waals surface area contributed by atoms with Crippen molar-refractivity contribution < 1.29 is 9.59 Å². The fraction of sp³-hybridized carbons (Fsp3) is 0.706. The van der Waals surface area contributed by atoms with Crippen LogP contribution < -0.4 is 5.32 Å². The number of hydrogen-bond donors (Lipinski definition) is 1. The average molecular weight is 353 g/mol. The van der Waals surface area contributed by atoms with Crippen molar-refractivity contribution in [2.75, 3.05) is 13.1 Å². The van der Waals surface area contributed by atoms with E-state index in [9.17, 15) is 9.59 Å². The molecular formula is C17H25ClN4O2. The monoisotopic (exact) mass is 352 g/mol. The number of nitrogens with one attached hydrogen (secondary N) is 1. The third-order valence-corrected chi connectivity index (χ3v) is 5.53. The van der Waals surface area contributed by atoms with E-state index < -0.39 is 0 Å². The van der Waals surface area contributed by atoms with Gasteiger partial charge in [-0.25, -0.2) is 4.98 Å². The maximum Gasteiger partial charge on any atom is 0.243 e. The van der Waals surface area contributed by atoms with E-state index in [0.717, 1.165) is 38.5 Å². The minimum absolute atomic E-state index is 0.0144. The number of hydrogen-bond acceptors (Lipinski definition) is 3. The van der Waals surface area contributed by atoms with E-state index in [0.29, 0.717) is 24.4 Å². The van der Waals surface area contributed by atoms with E-state index >= 15 is 0 Å².